The van der Waals surface area contributed by atoms with Crippen LogP contribution >= 0.6 is 48.0 Å². The molecule has 0 heterocycles. The highest BCUT2D eigenvalue weighted by molar-refractivity contribution is 14.0. The SMILES string of the molecule is C[Si](C)(C)[CH2][AlH2].I.I. The zero-order chi connectivity index (χ0) is 5.21. The zero-order valence-corrected chi connectivity index (χ0v) is 13.7. The van der Waals surface area contributed by atoms with Gasteiger partial charge in [-0.05, 0) is 0 Å². The third kappa shape index (κ3) is 15.7. The van der Waals surface area contributed by atoms with E-state index in [9.17, 15) is 0 Å². The summed E-state index contributed by atoms with van der Waals surface area (Å²) in [4.78, 5) is 1.55. The van der Waals surface area contributed by atoms with E-state index in [4.69, 9.17) is 0 Å². The molecule has 8 heavy (non-hydrogen) atoms. The van der Waals surface area contributed by atoms with Crippen molar-refractivity contribution in [3.05, 3.63) is 0 Å². The van der Waals surface area contributed by atoms with Crippen LogP contribution in [0.5, 0.6) is 0 Å². The molecule has 0 bridgehead atoms. The van der Waals surface area contributed by atoms with Gasteiger partial charge >= 0.3 is 0 Å². The number of hydrogen-bond acceptors (Lipinski definition) is 0. The van der Waals surface area contributed by atoms with E-state index in [1.165, 1.54) is 16.3 Å². The zero-order valence-electron chi connectivity index (χ0n) is 6.02. The third-order valence-electron chi connectivity index (χ3n) is 1.06. The summed E-state index contributed by atoms with van der Waals surface area (Å²) in [6, 6.07) is 0. The Kier molecular flexibility index (Phi) is 15.2. The molecule has 0 saturated heterocycles. The molecule has 0 aliphatic carbocycles. The highest BCUT2D eigenvalue weighted by atomic mass is 127. The van der Waals surface area contributed by atoms with Crippen LogP contribution < -0.4 is 0 Å². The lowest BCUT2D eigenvalue weighted by Gasteiger charge is -2.09. The second kappa shape index (κ2) is 7.32. The topological polar surface area (TPSA) is 0 Å². The van der Waals surface area contributed by atoms with Crippen molar-refractivity contribution in [1.82, 2.24) is 0 Å². The van der Waals surface area contributed by atoms with Gasteiger partial charge in [0, 0.05) is 8.07 Å². The van der Waals surface area contributed by atoms with E-state index in [0.29, 0.717) is 0 Å². The lowest BCUT2D eigenvalue weighted by molar-refractivity contribution is 1.65. The van der Waals surface area contributed by atoms with Crippen LogP contribution in [0.15, 0.2) is 0 Å². The molecule has 0 aromatic carbocycles. The molecule has 0 unspecified atom stereocenters. The van der Waals surface area contributed by atoms with Crippen molar-refractivity contribution >= 4 is 72.3 Å². The van der Waals surface area contributed by atoms with Crippen LogP contribution in [-0.2, 0) is 0 Å². The average molecular weight is 372 g/mol. The minimum absolute atomic E-state index is 0. The molecular weight excluding hydrogens is 357 g/mol. The summed E-state index contributed by atoms with van der Waals surface area (Å²) < 4.78 is 0. The average Bonchev–Trinajstić information content (AvgIpc) is 1.35. The molecule has 52 valence electrons. The first-order valence-corrected chi connectivity index (χ1v) is 7.68. The molecule has 0 aromatic rings. The Morgan fingerprint density at radius 1 is 1.12 bits per heavy atom. The Morgan fingerprint density at radius 2 is 1.25 bits per heavy atom. The first kappa shape index (κ1) is 16.7. The van der Waals surface area contributed by atoms with Crippen LogP contribution in [0.3, 0.4) is 0 Å². The van der Waals surface area contributed by atoms with Crippen molar-refractivity contribution in [2.45, 2.75) is 24.5 Å². The summed E-state index contributed by atoms with van der Waals surface area (Å²) in [6.45, 7) is 7.25. The Balaban J connectivity index is -0.000000125. The van der Waals surface area contributed by atoms with E-state index in [-0.39, 0.29) is 48.0 Å². The van der Waals surface area contributed by atoms with E-state index >= 15 is 0 Å². The number of hydrogen-bond donors (Lipinski definition) is 0. The fourth-order valence-electron chi connectivity index (χ4n) is 0. The quantitative estimate of drug-likeness (QED) is 0.489. The predicted octanol–water partition coefficient (Wildman–Crippen LogP) is 2.15. The maximum atomic E-state index is 2.42. The summed E-state index contributed by atoms with van der Waals surface area (Å²) in [5.41, 5.74) is 0. The molecule has 0 spiro atoms. The van der Waals surface area contributed by atoms with Crippen molar-refractivity contribution in [2.75, 3.05) is 0 Å². The predicted molar refractivity (Wildman–Crippen MR) is 67.5 cm³/mol. The van der Waals surface area contributed by atoms with Crippen molar-refractivity contribution in [3.63, 3.8) is 0 Å². The van der Waals surface area contributed by atoms with Crippen LogP contribution in [0, 0.1) is 0 Å². The van der Waals surface area contributed by atoms with Gasteiger partial charge in [0.2, 0.25) is 16.3 Å². The fourth-order valence-corrected chi connectivity index (χ4v) is 0. The molecule has 0 saturated carbocycles. The molecule has 0 aliphatic rings. The van der Waals surface area contributed by atoms with Crippen LogP contribution in [0.25, 0.3) is 0 Å². The van der Waals surface area contributed by atoms with Gasteiger partial charge in [0.25, 0.3) is 0 Å². The molecular formula is C4H15AlI2Si. The molecule has 0 nitrogen and oxygen atoms in total. The summed E-state index contributed by atoms with van der Waals surface area (Å²) in [6.07, 6.45) is 0. The highest BCUT2D eigenvalue weighted by Gasteiger charge is 2.06. The highest BCUT2D eigenvalue weighted by Crippen LogP contribution is 2.01. The molecule has 0 aliphatic heterocycles. The van der Waals surface area contributed by atoms with Gasteiger partial charge in [0.05, 0.1) is 0 Å². The molecule has 0 atom stereocenters. The summed E-state index contributed by atoms with van der Waals surface area (Å²) in [5, 5.41) is 0. The summed E-state index contributed by atoms with van der Waals surface area (Å²) in [7, 11) is -0.569. The first-order chi connectivity index (χ1) is 2.56. The smallest absolute Gasteiger partial charge is 0.107 e. The summed E-state index contributed by atoms with van der Waals surface area (Å²) >= 11 is 1.41. The Labute approximate surface area is 95.7 Å². The van der Waals surface area contributed by atoms with Gasteiger partial charge in [0.1, 0.15) is 0 Å². The second-order valence-corrected chi connectivity index (χ2v) is 10.9. The molecule has 4 heteroatoms. The first-order valence-electron chi connectivity index (χ1n) is 2.56. The van der Waals surface area contributed by atoms with Crippen molar-refractivity contribution in [2.24, 2.45) is 0 Å². The van der Waals surface area contributed by atoms with Crippen molar-refractivity contribution in [3.8, 4) is 0 Å². The van der Waals surface area contributed by atoms with Gasteiger partial charge in [-0.1, -0.05) is 19.6 Å². The van der Waals surface area contributed by atoms with Crippen LogP contribution in [0.1, 0.15) is 0 Å². The van der Waals surface area contributed by atoms with E-state index < -0.39 is 8.07 Å². The fraction of sp³-hybridized carbons (Fsp3) is 1.00. The lowest BCUT2D eigenvalue weighted by atomic mass is 11.7. The van der Waals surface area contributed by atoms with Crippen molar-refractivity contribution < 1.29 is 0 Å². The van der Waals surface area contributed by atoms with Gasteiger partial charge in [-0.25, -0.2) is 0 Å². The normalized spacial score (nSPS) is 8.88. The maximum absolute atomic E-state index is 2.42. The molecule has 0 N–H and O–H groups in total. The monoisotopic (exact) mass is 372 g/mol. The van der Waals surface area contributed by atoms with Crippen molar-refractivity contribution in [1.29, 1.82) is 0 Å². The molecule has 0 fully saturated rings. The maximum Gasteiger partial charge on any atom is 0.208 e. The standard InChI is InChI=1S/C4H11Si.Al.2HI.2H/c1-5(2,3)4;;;;;/h1H2,2-4H3;;2*1H;;. The van der Waals surface area contributed by atoms with E-state index in [1.54, 1.807) is 4.91 Å². The van der Waals surface area contributed by atoms with E-state index in [1.807, 2.05) is 0 Å². The molecule has 0 aromatic heterocycles. The lowest BCUT2D eigenvalue weighted by Crippen LogP contribution is -2.18. The Bertz CT molecular complexity index is 43.8. The third-order valence-corrected chi connectivity index (χ3v) is 9.55. The number of rotatable bonds is 1. The minimum Gasteiger partial charge on any atom is -0.107 e. The molecule has 0 rings (SSSR count). The minimum atomic E-state index is -0.569. The Hall–Kier alpha value is 2.21. The summed E-state index contributed by atoms with van der Waals surface area (Å²) in [5.74, 6) is 0. The van der Waals surface area contributed by atoms with Crippen LogP contribution in [0.2, 0.25) is 24.5 Å². The number of halogens is 2. The van der Waals surface area contributed by atoms with Gasteiger partial charge in [-0.3, -0.25) is 0 Å². The van der Waals surface area contributed by atoms with Gasteiger partial charge in [0.15, 0.2) is 0 Å². The largest absolute Gasteiger partial charge is 0.208 e. The van der Waals surface area contributed by atoms with Gasteiger partial charge in [-0.15, -0.1) is 52.9 Å². The van der Waals surface area contributed by atoms with E-state index in [2.05, 4.69) is 19.6 Å². The van der Waals surface area contributed by atoms with Crippen LogP contribution in [-0.4, -0.2) is 24.4 Å². The van der Waals surface area contributed by atoms with Gasteiger partial charge < -0.3 is 0 Å². The second-order valence-electron chi connectivity index (χ2n) is 2.91. The van der Waals surface area contributed by atoms with Crippen LogP contribution in [0.4, 0.5) is 0 Å². The Morgan fingerprint density at radius 3 is 1.25 bits per heavy atom. The van der Waals surface area contributed by atoms with Gasteiger partial charge in [-0.2, -0.15) is 0 Å². The molecule has 0 amide bonds. The molecule has 0 radical (unpaired) electrons. The van der Waals surface area contributed by atoms with E-state index in [0.717, 1.165) is 0 Å².